The molecule has 0 bridgehead atoms. The highest BCUT2D eigenvalue weighted by atomic mass is 19.1. The minimum atomic E-state index is -0.578. The van der Waals surface area contributed by atoms with E-state index in [4.69, 9.17) is 10.5 Å². The Labute approximate surface area is 209 Å². The van der Waals surface area contributed by atoms with Gasteiger partial charge in [-0.25, -0.2) is 19.3 Å². The van der Waals surface area contributed by atoms with Gasteiger partial charge in [0.05, 0.1) is 41.8 Å². The lowest BCUT2D eigenvalue weighted by Gasteiger charge is -2.42. The summed E-state index contributed by atoms with van der Waals surface area (Å²) >= 11 is 0. The van der Waals surface area contributed by atoms with Gasteiger partial charge in [-0.3, -0.25) is 9.69 Å². The molecule has 8 nitrogen and oxygen atoms in total. The molecule has 9 heteroatoms. The van der Waals surface area contributed by atoms with Gasteiger partial charge in [0.1, 0.15) is 18.0 Å². The lowest BCUT2D eigenvalue weighted by Crippen LogP contribution is -2.57. The number of amides is 1. The summed E-state index contributed by atoms with van der Waals surface area (Å²) in [6.07, 6.45) is 3.68. The quantitative estimate of drug-likeness (QED) is 0.566. The fraction of sp³-hybridized carbons (Fsp3) is 0.333. The summed E-state index contributed by atoms with van der Waals surface area (Å²) in [7, 11) is 0. The molecule has 0 spiro atoms. The van der Waals surface area contributed by atoms with Gasteiger partial charge in [0, 0.05) is 43.5 Å². The monoisotopic (exact) mass is 486 g/mol. The van der Waals surface area contributed by atoms with Crippen LogP contribution in [0.2, 0.25) is 0 Å². The second-order valence-electron chi connectivity index (χ2n) is 8.83. The number of benzene rings is 1. The maximum absolute atomic E-state index is 15.2. The number of hydrogen-bond acceptors (Lipinski definition) is 7. The zero-order chi connectivity index (χ0) is 25.1. The van der Waals surface area contributed by atoms with Crippen LogP contribution in [0, 0.1) is 17.7 Å². The molecule has 2 saturated heterocycles. The molecule has 2 fully saturated rings. The molecule has 2 aliphatic heterocycles. The molecule has 36 heavy (non-hydrogen) atoms. The van der Waals surface area contributed by atoms with Gasteiger partial charge in [0.15, 0.2) is 0 Å². The highest BCUT2D eigenvalue weighted by molar-refractivity contribution is 5.95. The molecule has 1 amide bonds. The van der Waals surface area contributed by atoms with Crippen molar-refractivity contribution in [2.45, 2.75) is 19.4 Å². The molecular weight excluding hydrogens is 459 g/mol. The van der Waals surface area contributed by atoms with Crippen LogP contribution >= 0.6 is 0 Å². The van der Waals surface area contributed by atoms with Crippen LogP contribution in [0.15, 0.2) is 42.9 Å². The van der Waals surface area contributed by atoms with E-state index in [0.29, 0.717) is 53.8 Å². The molecule has 1 aromatic carbocycles. The first-order valence-electron chi connectivity index (χ1n) is 12.0. The third kappa shape index (κ3) is 4.91. The first-order valence-corrected chi connectivity index (χ1v) is 12.0. The number of ether oxygens (including phenoxy) is 1. The number of aromatic nitrogens is 3. The molecule has 0 radical (unpaired) electrons. The van der Waals surface area contributed by atoms with Crippen molar-refractivity contribution in [3.8, 4) is 23.1 Å². The van der Waals surface area contributed by atoms with E-state index < -0.39 is 5.82 Å². The number of rotatable bonds is 4. The van der Waals surface area contributed by atoms with E-state index in [1.807, 2.05) is 6.92 Å². The fourth-order valence-electron chi connectivity index (χ4n) is 4.38. The number of pyridine rings is 1. The normalized spacial score (nSPS) is 16.2. The average Bonchev–Trinajstić information content (AvgIpc) is 2.87. The van der Waals surface area contributed by atoms with E-state index in [2.05, 4.69) is 31.7 Å². The smallest absolute Gasteiger partial charge is 0.256 e. The standard InChI is InChI=1S/C27H27FN6O2/c1-2-24-22(6-3-18-4-8-25(29)30-14-18)26(32-17-31-24)19-5-7-21(23(28)13-19)27(35)34-11-9-33(10-12-34)20-15-36-16-20/h4-5,7-8,13-14,17,20H,2,9-12,15-16H2,1H3,(H2,29,30). The number of aryl methyl sites for hydroxylation is 1. The molecule has 4 heterocycles. The Balaban J connectivity index is 1.38. The van der Waals surface area contributed by atoms with E-state index in [9.17, 15) is 4.79 Å². The minimum Gasteiger partial charge on any atom is -0.384 e. The molecule has 2 aliphatic rings. The van der Waals surface area contributed by atoms with Crippen LogP contribution in [0.25, 0.3) is 11.3 Å². The molecule has 3 aromatic rings. The number of anilines is 1. The third-order valence-corrected chi connectivity index (χ3v) is 6.59. The van der Waals surface area contributed by atoms with Crippen molar-refractivity contribution in [1.29, 1.82) is 0 Å². The molecule has 0 unspecified atom stereocenters. The van der Waals surface area contributed by atoms with Gasteiger partial charge in [-0.05, 0) is 30.7 Å². The number of carbonyl (C=O) groups excluding carboxylic acids is 1. The van der Waals surface area contributed by atoms with Gasteiger partial charge in [0.25, 0.3) is 5.91 Å². The summed E-state index contributed by atoms with van der Waals surface area (Å²) in [5.74, 6) is 5.74. The molecule has 184 valence electrons. The summed E-state index contributed by atoms with van der Waals surface area (Å²) in [6, 6.07) is 8.51. The van der Waals surface area contributed by atoms with Crippen molar-refractivity contribution in [2.24, 2.45) is 0 Å². The predicted molar refractivity (Wildman–Crippen MR) is 134 cm³/mol. The van der Waals surface area contributed by atoms with Crippen LogP contribution in [0.4, 0.5) is 10.2 Å². The fourth-order valence-corrected chi connectivity index (χ4v) is 4.38. The van der Waals surface area contributed by atoms with Gasteiger partial charge in [0.2, 0.25) is 0 Å². The number of nitrogens with two attached hydrogens (primary N) is 1. The van der Waals surface area contributed by atoms with Gasteiger partial charge >= 0.3 is 0 Å². The number of nitrogens with zero attached hydrogens (tertiary/aromatic N) is 5. The summed E-state index contributed by atoms with van der Waals surface area (Å²) in [5.41, 5.74) is 8.84. The van der Waals surface area contributed by atoms with Crippen molar-refractivity contribution in [2.75, 3.05) is 45.1 Å². The lowest BCUT2D eigenvalue weighted by molar-refractivity contribution is -0.0746. The summed E-state index contributed by atoms with van der Waals surface area (Å²) < 4.78 is 20.5. The SMILES string of the molecule is CCc1ncnc(-c2ccc(C(=O)N3CCN(C4COC4)CC3)c(F)c2)c1C#Cc1ccc(N)nc1. The summed E-state index contributed by atoms with van der Waals surface area (Å²) in [4.78, 5) is 29.9. The second kappa shape index (κ2) is 10.4. The van der Waals surface area contributed by atoms with Crippen molar-refractivity contribution in [3.05, 3.63) is 71.1 Å². The van der Waals surface area contributed by atoms with Crippen molar-refractivity contribution < 1.29 is 13.9 Å². The molecule has 0 aliphatic carbocycles. The van der Waals surface area contributed by atoms with Crippen LogP contribution in [-0.4, -0.2) is 76.1 Å². The topological polar surface area (TPSA) is 97.5 Å². The Bertz CT molecular complexity index is 1320. The molecule has 2 aromatic heterocycles. The first-order chi connectivity index (χ1) is 17.5. The zero-order valence-electron chi connectivity index (χ0n) is 20.1. The van der Waals surface area contributed by atoms with Gasteiger partial charge in [-0.2, -0.15) is 0 Å². The number of carbonyl (C=O) groups is 1. The Morgan fingerprint density at radius 3 is 2.56 bits per heavy atom. The van der Waals surface area contributed by atoms with Crippen LogP contribution in [0.3, 0.4) is 0 Å². The highest BCUT2D eigenvalue weighted by Crippen LogP contribution is 2.26. The maximum atomic E-state index is 15.2. The minimum absolute atomic E-state index is 0.0598. The van der Waals surface area contributed by atoms with Crippen LogP contribution in [-0.2, 0) is 11.2 Å². The van der Waals surface area contributed by atoms with Crippen molar-refractivity contribution >= 4 is 11.7 Å². The van der Waals surface area contributed by atoms with Crippen molar-refractivity contribution in [3.63, 3.8) is 0 Å². The van der Waals surface area contributed by atoms with E-state index in [1.54, 1.807) is 29.3 Å². The Kier molecular flexibility index (Phi) is 6.89. The average molecular weight is 487 g/mol. The van der Waals surface area contributed by atoms with Crippen molar-refractivity contribution in [1.82, 2.24) is 24.8 Å². The van der Waals surface area contributed by atoms with E-state index in [1.165, 1.54) is 18.5 Å². The number of piperazine rings is 1. The van der Waals surface area contributed by atoms with E-state index in [0.717, 1.165) is 32.0 Å². The Morgan fingerprint density at radius 2 is 1.92 bits per heavy atom. The van der Waals surface area contributed by atoms with Gasteiger partial charge in [-0.15, -0.1) is 0 Å². The Morgan fingerprint density at radius 1 is 1.11 bits per heavy atom. The van der Waals surface area contributed by atoms with Crippen LogP contribution in [0.1, 0.15) is 34.1 Å². The molecule has 5 rings (SSSR count). The predicted octanol–water partition coefficient (Wildman–Crippen LogP) is 2.38. The number of nitrogen functional groups attached to an aromatic ring is 1. The lowest BCUT2D eigenvalue weighted by atomic mass is 10.0. The number of halogens is 1. The largest absolute Gasteiger partial charge is 0.384 e. The second-order valence-corrected chi connectivity index (χ2v) is 8.83. The summed E-state index contributed by atoms with van der Waals surface area (Å²) in [5, 5.41) is 0. The maximum Gasteiger partial charge on any atom is 0.256 e. The van der Waals surface area contributed by atoms with Crippen LogP contribution < -0.4 is 5.73 Å². The molecular formula is C27H27FN6O2. The number of hydrogen-bond donors (Lipinski definition) is 1. The zero-order valence-corrected chi connectivity index (χ0v) is 20.1. The van der Waals surface area contributed by atoms with Gasteiger partial charge in [-0.1, -0.05) is 24.8 Å². The third-order valence-electron chi connectivity index (χ3n) is 6.59. The molecule has 0 saturated carbocycles. The summed E-state index contributed by atoms with van der Waals surface area (Å²) in [6.45, 7) is 6.15. The van der Waals surface area contributed by atoms with E-state index >= 15 is 4.39 Å². The van der Waals surface area contributed by atoms with Gasteiger partial charge < -0.3 is 15.4 Å². The highest BCUT2D eigenvalue weighted by Gasteiger charge is 2.31. The Hall–Kier alpha value is -3.87. The molecule has 0 atom stereocenters. The first kappa shape index (κ1) is 23.9. The molecule has 2 N–H and O–H groups in total. The van der Waals surface area contributed by atoms with E-state index in [-0.39, 0.29) is 11.5 Å². The van der Waals surface area contributed by atoms with Crippen LogP contribution in [0.5, 0.6) is 0 Å².